The minimum atomic E-state index is -0.526. The number of aromatic hydroxyl groups is 1. The van der Waals surface area contributed by atoms with Crippen LogP contribution in [0.2, 0.25) is 4.34 Å². The van der Waals surface area contributed by atoms with E-state index in [4.69, 9.17) is 16.3 Å². The molecule has 10 heteroatoms. The largest absolute Gasteiger partial charge is 0.503 e. The van der Waals surface area contributed by atoms with Crippen molar-refractivity contribution in [1.82, 2.24) is 9.88 Å². The van der Waals surface area contributed by atoms with Gasteiger partial charge in [0.25, 0.3) is 11.5 Å². The summed E-state index contributed by atoms with van der Waals surface area (Å²) in [6.07, 6.45) is 0.550. The molecular formula is C21H18ClN3O5S. The summed E-state index contributed by atoms with van der Waals surface area (Å²) in [5, 5.41) is 12.4. The standard InChI is InChI=1S/C21H18ClN3O5S/c1-12-9-13(4-5-15(12)24-8-2-3-16(26)20(24)28)25-11-14(30-21(25)29)10-23-19(27)17-6-7-18(22)31-17/h2-9,14,26H,10-11H2,1H3,(H,23,27). The van der Waals surface area contributed by atoms with Crippen LogP contribution in [0.1, 0.15) is 15.2 Å². The Hall–Kier alpha value is -3.30. The lowest BCUT2D eigenvalue weighted by Crippen LogP contribution is -2.34. The van der Waals surface area contributed by atoms with Crippen molar-refractivity contribution < 1.29 is 19.4 Å². The second kappa shape index (κ2) is 8.44. The van der Waals surface area contributed by atoms with E-state index in [-0.39, 0.29) is 24.7 Å². The molecule has 1 unspecified atom stereocenters. The molecule has 0 spiro atoms. The molecule has 4 rings (SSSR count). The molecule has 1 atom stereocenters. The molecule has 1 aliphatic heterocycles. The summed E-state index contributed by atoms with van der Waals surface area (Å²) in [4.78, 5) is 38.6. The van der Waals surface area contributed by atoms with E-state index >= 15 is 0 Å². The number of nitrogens with one attached hydrogen (secondary N) is 1. The van der Waals surface area contributed by atoms with Gasteiger partial charge in [-0.1, -0.05) is 11.6 Å². The lowest BCUT2D eigenvalue weighted by atomic mass is 10.1. The molecule has 0 bridgehead atoms. The van der Waals surface area contributed by atoms with Crippen molar-refractivity contribution in [3.63, 3.8) is 0 Å². The van der Waals surface area contributed by atoms with Crippen molar-refractivity contribution in [2.45, 2.75) is 13.0 Å². The van der Waals surface area contributed by atoms with Gasteiger partial charge in [-0.25, -0.2) is 4.79 Å². The number of aromatic nitrogens is 1. The van der Waals surface area contributed by atoms with E-state index in [0.717, 1.165) is 5.56 Å². The quantitative estimate of drug-likeness (QED) is 0.609. The zero-order valence-electron chi connectivity index (χ0n) is 16.4. The number of benzene rings is 1. The Bertz CT molecular complexity index is 1220. The number of rotatable bonds is 5. The molecule has 0 radical (unpaired) electrons. The fourth-order valence-electron chi connectivity index (χ4n) is 3.32. The fraction of sp³-hybridized carbons (Fsp3) is 0.190. The number of carbonyl (C=O) groups excluding carboxylic acids is 2. The second-order valence-electron chi connectivity index (χ2n) is 6.97. The Labute approximate surface area is 186 Å². The monoisotopic (exact) mass is 459 g/mol. The third-order valence-electron chi connectivity index (χ3n) is 4.84. The Morgan fingerprint density at radius 1 is 1.29 bits per heavy atom. The number of hydrogen-bond donors (Lipinski definition) is 2. The highest BCUT2D eigenvalue weighted by Crippen LogP contribution is 2.26. The van der Waals surface area contributed by atoms with E-state index in [1.807, 2.05) is 0 Å². The van der Waals surface area contributed by atoms with E-state index in [1.165, 1.54) is 26.9 Å². The van der Waals surface area contributed by atoms with Gasteiger partial charge in [0.15, 0.2) is 5.75 Å². The molecule has 0 saturated carbocycles. The predicted molar refractivity (Wildman–Crippen MR) is 118 cm³/mol. The number of cyclic esters (lactones) is 1. The van der Waals surface area contributed by atoms with Gasteiger partial charge in [-0.15, -0.1) is 11.3 Å². The van der Waals surface area contributed by atoms with Gasteiger partial charge in [-0.05, 0) is 55.0 Å². The Kier molecular flexibility index (Phi) is 5.71. The highest BCUT2D eigenvalue weighted by atomic mass is 35.5. The molecule has 2 aromatic heterocycles. The summed E-state index contributed by atoms with van der Waals surface area (Å²) in [6, 6.07) is 11.4. The smallest absolute Gasteiger partial charge is 0.414 e. The van der Waals surface area contributed by atoms with E-state index in [9.17, 15) is 19.5 Å². The van der Waals surface area contributed by atoms with Crippen molar-refractivity contribution in [3.8, 4) is 11.4 Å². The maximum absolute atomic E-state index is 12.4. The molecule has 1 aromatic carbocycles. The number of thiophene rings is 1. The molecule has 2 N–H and O–H groups in total. The summed E-state index contributed by atoms with van der Waals surface area (Å²) in [5.41, 5.74) is 1.42. The number of aryl methyl sites for hydroxylation is 1. The fourth-order valence-corrected chi connectivity index (χ4v) is 4.28. The van der Waals surface area contributed by atoms with Crippen LogP contribution in [0.25, 0.3) is 5.69 Å². The van der Waals surface area contributed by atoms with Crippen LogP contribution in [0.5, 0.6) is 5.75 Å². The van der Waals surface area contributed by atoms with Crippen LogP contribution in [-0.2, 0) is 4.74 Å². The molecular weight excluding hydrogens is 442 g/mol. The molecule has 3 heterocycles. The van der Waals surface area contributed by atoms with Crippen LogP contribution < -0.4 is 15.8 Å². The topological polar surface area (TPSA) is 101 Å². The van der Waals surface area contributed by atoms with Gasteiger partial charge in [0.1, 0.15) is 6.10 Å². The van der Waals surface area contributed by atoms with Crippen LogP contribution in [0.15, 0.2) is 53.5 Å². The number of hydrogen-bond acceptors (Lipinski definition) is 6. The number of ether oxygens (including phenoxy) is 1. The van der Waals surface area contributed by atoms with Crippen molar-refractivity contribution in [1.29, 1.82) is 0 Å². The first-order valence-electron chi connectivity index (χ1n) is 9.37. The van der Waals surface area contributed by atoms with E-state index in [1.54, 1.807) is 49.5 Å². The van der Waals surface area contributed by atoms with E-state index < -0.39 is 17.8 Å². The van der Waals surface area contributed by atoms with Gasteiger partial charge in [0.2, 0.25) is 0 Å². The van der Waals surface area contributed by atoms with Gasteiger partial charge in [0, 0.05) is 11.9 Å². The average Bonchev–Trinajstić information content (AvgIpc) is 3.34. The Morgan fingerprint density at radius 3 is 2.81 bits per heavy atom. The molecule has 1 saturated heterocycles. The first-order chi connectivity index (χ1) is 14.8. The SMILES string of the molecule is Cc1cc(N2CC(CNC(=O)c3ccc(Cl)s3)OC2=O)ccc1-n1cccc(O)c1=O. The summed E-state index contributed by atoms with van der Waals surface area (Å²) in [7, 11) is 0. The molecule has 1 fully saturated rings. The zero-order valence-corrected chi connectivity index (χ0v) is 17.9. The number of nitrogens with zero attached hydrogens (tertiary/aromatic N) is 2. The highest BCUT2D eigenvalue weighted by molar-refractivity contribution is 7.18. The van der Waals surface area contributed by atoms with Crippen LogP contribution in [0.3, 0.4) is 0 Å². The van der Waals surface area contributed by atoms with Gasteiger partial charge in [-0.3, -0.25) is 19.1 Å². The summed E-state index contributed by atoms with van der Waals surface area (Å²) < 4.78 is 7.23. The van der Waals surface area contributed by atoms with Crippen LogP contribution in [-0.4, -0.2) is 40.9 Å². The van der Waals surface area contributed by atoms with Crippen molar-refractivity contribution in [2.75, 3.05) is 18.0 Å². The summed E-state index contributed by atoms with van der Waals surface area (Å²) >= 11 is 7.02. The maximum Gasteiger partial charge on any atom is 0.414 e. The number of carbonyl (C=O) groups is 2. The van der Waals surface area contributed by atoms with E-state index in [0.29, 0.717) is 20.6 Å². The molecule has 2 amide bonds. The lowest BCUT2D eigenvalue weighted by molar-refractivity contribution is 0.0920. The molecule has 3 aromatic rings. The first-order valence-corrected chi connectivity index (χ1v) is 10.6. The Balaban J connectivity index is 1.45. The third kappa shape index (κ3) is 4.28. The first kappa shape index (κ1) is 21.0. The lowest BCUT2D eigenvalue weighted by Gasteiger charge is -2.16. The number of pyridine rings is 1. The molecule has 160 valence electrons. The van der Waals surface area contributed by atoms with E-state index in [2.05, 4.69) is 5.32 Å². The number of anilines is 1. The maximum atomic E-state index is 12.4. The van der Waals surface area contributed by atoms with Gasteiger partial charge >= 0.3 is 6.09 Å². The average molecular weight is 460 g/mol. The van der Waals surface area contributed by atoms with Gasteiger partial charge < -0.3 is 15.2 Å². The summed E-state index contributed by atoms with van der Waals surface area (Å²) in [6.45, 7) is 2.25. The van der Waals surface area contributed by atoms with Crippen LogP contribution in [0.4, 0.5) is 10.5 Å². The molecule has 0 aliphatic carbocycles. The zero-order chi connectivity index (χ0) is 22.1. The second-order valence-corrected chi connectivity index (χ2v) is 8.68. The van der Waals surface area contributed by atoms with Gasteiger partial charge in [-0.2, -0.15) is 0 Å². The van der Waals surface area contributed by atoms with Crippen molar-refractivity contribution >= 4 is 40.6 Å². The molecule has 1 aliphatic rings. The number of halogens is 1. The minimum Gasteiger partial charge on any atom is -0.503 e. The minimum absolute atomic E-state index is 0.173. The summed E-state index contributed by atoms with van der Waals surface area (Å²) in [5.74, 6) is -0.619. The van der Waals surface area contributed by atoms with Crippen LogP contribution >= 0.6 is 22.9 Å². The molecule has 31 heavy (non-hydrogen) atoms. The van der Waals surface area contributed by atoms with Crippen molar-refractivity contribution in [2.24, 2.45) is 0 Å². The molecule has 8 nitrogen and oxygen atoms in total. The predicted octanol–water partition coefficient (Wildman–Crippen LogP) is 3.32. The highest BCUT2D eigenvalue weighted by Gasteiger charge is 2.33. The van der Waals surface area contributed by atoms with Crippen molar-refractivity contribution in [3.05, 3.63) is 73.8 Å². The van der Waals surface area contributed by atoms with Gasteiger partial charge in [0.05, 0.1) is 28.0 Å². The normalized spacial score (nSPS) is 15.7. The third-order valence-corrected chi connectivity index (χ3v) is 6.07. The Morgan fingerprint density at radius 2 is 2.10 bits per heavy atom. The number of amides is 2. The van der Waals surface area contributed by atoms with Crippen LogP contribution in [0, 0.1) is 6.92 Å².